The largest absolute Gasteiger partial charge is 0.333 e. The van der Waals surface area contributed by atoms with Gasteiger partial charge in [0, 0.05) is 24.7 Å². The van der Waals surface area contributed by atoms with Crippen LogP contribution in [-0.2, 0) is 4.79 Å². The molecular formula is C13H27N3O. The first kappa shape index (κ1) is 14.5. The number of carbonyl (C=O) groups is 1. The number of rotatable bonds is 3. The first-order chi connectivity index (χ1) is 7.53. The molecule has 1 aliphatic rings. The van der Waals surface area contributed by atoms with Gasteiger partial charge in [0.05, 0.1) is 12.1 Å². The molecule has 4 heteroatoms. The minimum absolute atomic E-state index is 0.116. The number of nitrogens with zero attached hydrogens (tertiary/aromatic N) is 2. The molecule has 0 bridgehead atoms. The Labute approximate surface area is 105 Å². The summed E-state index contributed by atoms with van der Waals surface area (Å²) >= 11 is 0. The third-order valence-electron chi connectivity index (χ3n) is 3.04. The molecule has 0 atom stereocenters. The highest BCUT2D eigenvalue weighted by molar-refractivity contribution is 5.80. The highest BCUT2D eigenvalue weighted by Gasteiger charge is 2.40. The van der Waals surface area contributed by atoms with E-state index >= 15 is 0 Å². The van der Waals surface area contributed by atoms with Crippen LogP contribution >= 0.6 is 0 Å². The van der Waals surface area contributed by atoms with Crippen LogP contribution in [0.15, 0.2) is 0 Å². The Balaban J connectivity index is 2.79. The maximum Gasteiger partial charge on any atom is 0.237 e. The zero-order chi connectivity index (χ0) is 13.4. The van der Waals surface area contributed by atoms with Gasteiger partial charge in [0.15, 0.2) is 0 Å². The molecular weight excluding hydrogens is 214 g/mol. The van der Waals surface area contributed by atoms with Crippen molar-refractivity contribution in [3.63, 3.8) is 0 Å². The first-order valence-electron chi connectivity index (χ1n) is 6.36. The molecule has 0 radical (unpaired) electrons. The molecule has 1 rings (SSSR count). The van der Waals surface area contributed by atoms with E-state index in [9.17, 15) is 4.79 Å². The topological polar surface area (TPSA) is 49.6 Å². The fourth-order valence-corrected chi connectivity index (χ4v) is 2.96. The van der Waals surface area contributed by atoms with Crippen LogP contribution < -0.4 is 5.73 Å². The molecule has 100 valence electrons. The summed E-state index contributed by atoms with van der Waals surface area (Å²) in [6.45, 7) is 14.5. The summed E-state index contributed by atoms with van der Waals surface area (Å²) in [6.07, 6.45) is 0. The van der Waals surface area contributed by atoms with Crippen LogP contribution in [-0.4, -0.2) is 52.5 Å². The Morgan fingerprint density at radius 1 is 1.41 bits per heavy atom. The molecule has 0 aromatic heterocycles. The van der Waals surface area contributed by atoms with E-state index < -0.39 is 0 Å². The molecule has 4 nitrogen and oxygen atoms in total. The van der Waals surface area contributed by atoms with E-state index in [2.05, 4.69) is 32.6 Å². The molecule has 0 aromatic rings. The van der Waals surface area contributed by atoms with Gasteiger partial charge in [0.25, 0.3) is 0 Å². The molecule has 0 aromatic carbocycles. The van der Waals surface area contributed by atoms with Gasteiger partial charge in [-0.25, -0.2) is 0 Å². The molecule has 1 aliphatic heterocycles. The average Bonchev–Trinajstić information content (AvgIpc) is 1.93. The van der Waals surface area contributed by atoms with Crippen LogP contribution in [0.2, 0.25) is 0 Å². The zero-order valence-corrected chi connectivity index (χ0v) is 12.1. The monoisotopic (exact) mass is 241 g/mol. The average molecular weight is 241 g/mol. The van der Waals surface area contributed by atoms with Crippen LogP contribution in [0.1, 0.15) is 41.5 Å². The Kier molecular flexibility index (Phi) is 3.89. The van der Waals surface area contributed by atoms with E-state index in [4.69, 9.17) is 5.73 Å². The van der Waals surface area contributed by atoms with Crippen molar-refractivity contribution in [1.29, 1.82) is 0 Å². The van der Waals surface area contributed by atoms with Gasteiger partial charge in [0.2, 0.25) is 5.91 Å². The minimum Gasteiger partial charge on any atom is -0.333 e. The second-order valence-electron chi connectivity index (χ2n) is 6.80. The fourth-order valence-electron chi connectivity index (χ4n) is 2.96. The molecule has 1 fully saturated rings. The van der Waals surface area contributed by atoms with Crippen molar-refractivity contribution in [2.45, 2.75) is 58.7 Å². The van der Waals surface area contributed by atoms with Gasteiger partial charge in [-0.1, -0.05) is 0 Å². The lowest BCUT2D eigenvalue weighted by atomic mass is 9.95. The van der Waals surface area contributed by atoms with Gasteiger partial charge >= 0.3 is 0 Å². The van der Waals surface area contributed by atoms with Crippen LogP contribution in [0.3, 0.4) is 0 Å². The molecule has 0 spiro atoms. The van der Waals surface area contributed by atoms with Gasteiger partial charge < -0.3 is 10.6 Å². The molecule has 17 heavy (non-hydrogen) atoms. The van der Waals surface area contributed by atoms with E-state index in [1.807, 2.05) is 18.7 Å². The van der Waals surface area contributed by atoms with Crippen molar-refractivity contribution in [2.75, 3.05) is 19.6 Å². The van der Waals surface area contributed by atoms with Crippen molar-refractivity contribution in [1.82, 2.24) is 9.80 Å². The molecule has 1 heterocycles. The summed E-state index contributed by atoms with van der Waals surface area (Å²) in [5.41, 5.74) is 5.66. The first-order valence-corrected chi connectivity index (χ1v) is 6.36. The molecule has 0 saturated carbocycles. The highest BCUT2D eigenvalue weighted by atomic mass is 16.2. The van der Waals surface area contributed by atoms with Crippen LogP contribution in [0, 0.1) is 0 Å². The molecule has 1 amide bonds. The van der Waals surface area contributed by atoms with Gasteiger partial charge in [0.1, 0.15) is 0 Å². The highest BCUT2D eigenvalue weighted by Crippen LogP contribution is 2.24. The van der Waals surface area contributed by atoms with E-state index in [0.29, 0.717) is 6.54 Å². The molecule has 2 N–H and O–H groups in total. The quantitative estimate of drug-likeness (QED) is 0.803. The fraction of sp³-hybridized carbons (Fsp3) is 0.923. The van der Waals surface area contributed by atoms with E-state index in [1.54, 1.807) is 0 Å². The number of piperazine rings is 1. The molecule has 0 aliphatic carbocycles. The van der Waals surface area contributed by atoms with Crippen LogP contribution in [0.25, 0.3) is 0 Å². The minimum atomic E-state index is -0.254. The lowest BCUT2D eigenvalue weighted by molar-refractivity contribution is -0.148. The van der Waals surface area contributed by atoms with E-state index in [1.165, 1.54) is 0 Å². The maximum atomic E-state index is 12.2. The lowest BCUT2D eigenvalue weighted by Crippen LogP contribution is -2.65. The number of carbonyl (C=O) groups excluding carboxylic acids is 1. The second-order valence-corrected chi connectivity index (χ2v) is 6.80. The van der Waals surface area contributed by atoms with Crippen molar-refractivity contribution >= 4 is 5.91 Å². The third-order valence-corrected chi connectivity index (χ3v) is 3.04. The maximum absolute atomic E-state index is 12.2. The Hall–Kier alpha value is -0.610. The van der Waals surface area contributed by atoms with Crippen molar-refractivity contribution < 1.29 is 4.79 Å². The number of hydrogen-bond acceptors (Lipinski definition) is 3. The zero-order valence-electron chi connectivity index (χ0n) is 12.1. The Bertz CT molecular complexity index is 292. The van der Waals surface area contributed by atoms with E-state index in [0.717, 1.165) is 13.1 Å². The lowest BCUT2D eigenvalue weighted by Gasteiger charge is -2.49. The Morgan fingerprint density at radius 3 is 2.29 bits per heavy atom. The normalized spacial score (nSPS) is 22.4. The number of hydrogen-bond donors (Lipinski definition) is 1. The van der Waals surface area contributed by atoms with Gasteiger partial charge in [-0.3, -0.25) is 9.69 Å². The van der Waals surface area contributed by atoms with Crippen molar-refractivity contribution in [3.8, 4) is 0 Å². The summed E-state index contributed by atoms with van der Waals surface area (Å²) in [7, 11) is 0. The number of nitrogens with two attached hydrogens (primary N) is 1. The van der Waals surface area contributed by atoms with Gasteiger partial charge in [-0.05, 0) is 41.5 Å². The predicted octanol–water partition coefficient (Wildman–Crippen LogP) is 1.05. The van der Waals surface area contributed by atoms with Crippen LogP contribution in [0.5, 0.6) is 0 Å². The number of amides is 1. The summed E-state index contributed by atoms with van der Waals surface area (Å²) in [5, 5.41) is 0. The molecule has 0 unspecified atom stereocenters. The predicted molar refractivity (Wildman–Crippen MR) is 70.8 cm³/mol. The van der Waals surface area contributed by atoms with E-state index in [-0.39, 0.29) is 23.0 Å². The summed E-state index contributed by atoms with van der Waals surface area (Å²) in [5.74, 6) is 0.209. The van der Waals surface area contributed by atoms with Crippen molar-refractivity contribution in [2.24, 2.45) is 5.73 Å². The SMILES string of the molecule is CC(C)N1C(=O)CN(CC(C)(C)N)CC1(C)C. The second kappa shape index (κ2) is 4.58. The summed E-state index contributed by atoms with van der Waals surface area (Å²) in [4.78, 5) is 16.4. The van der Waals surface area contributed by atoms with Gasteiger partial charge in [-0.2, -0.15) is 0 Å². The summed E-state index contributed by atoms with van der Waals surface area (Å²) in [6, 6.07) is 0.255. The standard InChI is InChI=1S/C13H27N3O/c1-10(2)16-11(17)7-15(8-12(3,4)14)9-13(16,5)6/h10H,7-9,14H2,1-6H3. The Morgan fingerprint density at radius 2 is 1.94 bits per heavy atom. The van der Waals surface area contributed by atoms with Crippen molar-refractivity contribution in [3.05, 3.63) is 0 Å². The summed E-state index contributed by atoms with van der Waals surface area (Å²) < 4.78 is 0. The van der Waals surface area contributed by atoms with Gasteiger partial charge in [-0.15, -0.1) is 0 Å². The third kappa shape index (κ3) is 3.68. The smallest absolute Gasteiger partial charge is 0.237 e. The molecule has 1 saturated heterocycles. The van der Waals surface area contributed by atoms with Crippen LogP contribution in [0.4, 0.5) is 0 Å².